The van der Waals surface area contributed by atoms with Gasteiger partial charge in [-0.2, -0.15) is 4.68 Å². The van der Waals surface area contributed by atoms with E-state index in [1.165, 1.54) is 15.9 Å². The molecule has 0 radical (unpaired) electrons. The van der Waals surface area contributed by atoms with E-state index in [4.69, 9.17) is 11.6 Å². The Morgan fingerprint density at radius 1 is 1.07 bits per heavy atom. The number of carbonyl (C=O) groups excluding carboxylic acids is 4. The van der Waals surface area contributed by atoms with Crippen molar-refractivity contribution in [3.8, 4) is 5.69 Å². The van der Waals surface area contributed by atoms with Gasteiger partial charge < -0.3 is 25.2 Å². The van der Waals surface area contributed by atoms with Gasteiger partial charge in [0.05, 0.1) is 24.5 Å². The second-order valence-corrected chi connectivity index (χ2v) is 10.1. The zero-order valence-corrected chi connectivity index (χ0v) is 24.4. The van der Waals surface area contributed by atoms with Crippen molar-refractivity contribution in [2.45, 2.75) is 25.8 Å². The van der Waals surface area contributed by atoms with Crippen molar-refractivity contribution in [3.05, 3.63) is 89.2 Å². The molecule has 2 N–H and O–H groups in total. The lowest BCUT2D eigenvalue weighted by Gasteiger charge is -2.32. The first kappa shape index (κ1) is 30.8. The summed E-state index contributed by atoms with van der Waals surface area (Å²) in [6.45, 7) is 1.46. The molecule has 0 aliphatic carbocycles. The molecule has 1 atom stereocenters. The van der Waals surface area contributed by atoms with Gasteiger partial charge in [0.25, 0.3) is 0 Å². The Morgan fingerprint density at radius 3 is 2.53 bits per heavy atom. The number of amides is 3. The highest BCUT2D eigenvalue weighted by Crippen LogP contribution is 2.27. The predicted molar refractivity (Wildman–Crippen MR) is 163 cm³/mol. The average molecular weight is 603 g/mol. The molecule has 4 rings (SSSR count). The number of likely N-dealkylation sites (N-methyl/N-ethyl adjacent to an activating group) is 1. The van der Waals surface area contributed by atoms with Gasteiger partial charge in [-0.15, -0.1) is 5.10 Å². The van der Waals surface area contributed by atoms with Crippen LogP contribution in [-0.2, 0) is 32.0 Å². The van der Waals surface area contributed by atoms with Gasteiger partial charge in [0.1, 0.15) is 18.7 Å². The summed E-state index contributed by atoms with van der Waals surface area (Å²) in [5, 5.41) is 17.3. The number of hydrogen-bond acceptors (Lipinski definition) is 8. The topological polar surface area (TPSA) is 142 Å². The molecule has 0 aliphatic heterocycles. The van der Waals surface area contributed by atoms with Crippen LogP contribution in [0.1, 0.15) is 18.1 Å². The van der Waals surface area contributed by atoms with Crippen LogP contribution in [0.2, 0.25) is 5.02 Å². The Morgan fingerprint density at radius 2 is 1.86 bits per heavy atom. The summed E-state index contributed by atoms with van der Waals surface area (Å²) < 4.78 is 1.45. The molecule has 13 heteroatoms. The van der Waals surface area contributed by atoms with Gasteiger partial charge >= 0.3 is 0 Å². The number of aldehydes is 1. The van der Waals surface area contributed by atoms with Crippen molar-refractivity contribution in [1.29, 1.82) is 0 Å². The minimum Gasteiger partial charge on any atom is -0.363 e. The average Bonchev–Trinajstić information content (AvgIpc) is 3.55. The summed E-state index contributed by atoms with van der Waals surface area (Å²) in [6, 6.07) is 18.5. The van der Waals surface area contributed by atoms with Crippen LogP contribution in [0.5, 0.6) is 0 Å². The number of nitrogens with one attached hydrogen (secondary N) is 2. The van der Waals surface area contributed by atoms with Crippen LogP contribution in [0.25, 0.3) is 5.69 Å². The van der Waals surface area contributed by atoms with Crippen molar-refractivity contribution in [2.24, 2.45) is 0 Å². The fraction of sp³-hybridized carbons (Fsp3) is 0.233. The number of carbonyl (C=O) groups is 4. The summed E-state index contributed by atoms with van der Waals surface area (Å²) in [5.74, 6) is -0.912. The number of tetrazole rings is 1. The molecule has 0 saturated carbocycles. The molecule has 222 valence electrons. The number of aromatic nitrogens is 4. The molecule has 0 fully saturated rings. The molecular weight excluding hydrogens is 572 g/mol. The van der Waals surface area contributed by atoms with Crippen LogP contribution in [-0.4, -0.2) is 75.8 Å². The molecule has 0 aliphatic rings. The summed E-state index contributed by atoms with van der Waals surface area (Å²) in [6.07, 6.45) is 3.41. The highest BCUT2D eigenvalue weighted by Gasteiger charge is 2.31. The van der Waals surface area contributed by atoms with Gasteiger partial charge in [-0.05, 0) is 64.4 Å². The maximum atomic E-state index is 13.8. The van der Waals surface area contributed by atoms with E-state index in [9.17, 15) is 19.2 Å². The highest BCUT2D eigenvalue weighted by atomic mass is 35.5. The first-order valence-electron chi connectivity index (χ1n) is 13.5. The maximum Gasteiger partial charge on any atom is 0.247 e. The van der Waals surface area contributed by atoms with Gasteiger partial charge in [0.2, 0.25) is 18.2 Å². The second-order valence-electron chi connectivity index (χ2n) is 9.64. The Kier molecular flexibility index (Phi) is 10.5. The van der Waals surface area contributed by atoms with Crippen LogP contribution in [0.3, 0.4) is 0 Å². The highest BCUT2D eigenvalue weighted by molar-refractivity contribution is 6.31. The number of rotatable bonds is 14. The summed E-state index contributed by atoms with van der Waals surface area (Å²) in [4.78, 5) is 53.4. The number of nitrogens with zero attached hydrogens (tertiary/aromatic N) is 6. The molecule has 1 aromatic heterocycles. The van der Waals surface area contributed by atoms with Crippen molar-refractivity contribution in [1.82, 2.24) is 25.1 Å². The lowest BCUT2D eigenvalue weighted by molar-refractivity contribution is -0.138. The van der Waals surface area contributed by atoms with Crippen molar-refractivity contribution in [3.63, 3.8) is 0 Å². The van der Waals surface area contributed by atoms with E-state index >= 15 is 0 Å². The Bertz CT molecular complexity index is 1570. The molecule has 43 heavy (non-hydrogen) atoms. The molecule has 1 unspecified atom stereocenters. The Labute approximate surface area is 253 Å². The number of aryl methyl sites for hydroxylation is 1. The number of halogens is 1. The first-order chi connectivity index (χ1) is 20.8. The molecular formula is C30H31ClN8O4. The van der Waals surface area contributed by atoms with Crippen LogP contribution in [0.4, 0.5) is 17.1 Å². The van der Waals surface area contributed by atoms with E-state index in [0.29, 0.717) is 46.9 Å². The number of hydrogen-bond donors (Lipinski definition) is 2. The first-order valence-corrected chi connectivity index (χ1v) is 13.9. The summed E-state index contributed by atoms with van der Waals surface area (Å²) in [7, 11) is 1.70. The smallest absolute Gasteiger partial charge is 0.247 e. The third-order valence-corrected chi connectivity index (χ3v) is 7.06. The standard InChI is InChI=1S/C30H31ClN8O4/c1-3-22-16-24(10-11-25(22)32-20-41)34-30(43)28(15-21-7-5-4-6-8-21)38(13-14-40)29(42)18-37(2)27-17-23(31)9-12-26(27)39-19-33-35-36-39/h4-12,14,16-17,19-20,28H,3,13,15,18H2,1-2H3,(H,32,41)(H,34,43). The summed E-state index contributed by atoms with van der Waals surface area (Å²) >= 11 is 6.28. The minimum absolute atomic E-state index is 0.173. The van der Waals surface area contributed by atoms with E-state index in [0.717, 1.165) is 11.1 Å². The molecule has 0 bridgehead atoms. The normalized spacial score (nSPS) is 11.3. The second kappa shape index (κ2) is 14.7. The van der Waals surface area contributed by atoms with Crippen molar-refractivity contribution in [2.75, 3.05) is 35.7 Å². The van der Waals surface area contributed by atoms with Gasteiger partial charge in [-0.3, -0.25) is 14.4 Å². The minimum atomic E-state index is -1.01. The molecule has 12 nitrogen and oxygen atoms in total. The van der Waals surface area contributed by atoms with Crippen LogP contribution >= 0.6 is 11.6 Å². The van der Waals surface area contributed by atoms with E-state index in [-0.39, 0.29) is 19.5 Å². The molecule has 3 amide bonds. The zero-order valence-electron chi connectivity index (χ0n) is 23.7. The lowest BCUT2D eigenvalue weighted by Crippen LogP contribution is -2.52. The van der Waals surface area contributed by atoms with Crippen LogP contribution < -0.4 is 15.5 Å². The number of anilines is 3. The quantitative estimate of drug-likeness (QED) is 0.210. The fourth-order valence-corrected chi connectivity index (χ4v) is 4.87. The van der Waals surface area contributed by atoms with E-state index in [2.05, 4.69) is 26.2 Å². The third-order valence-electron chi connectivity index (χ3n) is 6.83. The van der Waals surface area contributed by atoms with Crippen LogP contribution in [0.15, 0.2) is 73.1 Å². The van der Waals surface area contributed by atoms with Gasteiger partial charge in [-0.25, -0.2) is 0 Å². The summed E-state index contributed by atoms with van der Waals surface area (Å²) in [5.41, 5.74) is 3.93. The van der Waals surface area contributed by atoms with Crippen molar-refractivity contribution < 1.29 is 19.2 Å². The lowest BCUT2D eigenvalue weighted by atomic mass is 10.0. The largest absolute Gasteiger partial charge is 0.363 e. The van der Waals surface area contributed by atoms with Gasteiger partial charge in [-0.1, -0.05) is 48.9 Å². The van der Waals surface area contributed by atoms with Crippen molar-refractivity contribution >= 4 is 53.2 Å². The molecule has 0 saturated heterocycles. The SMILES string of the molecule is CCc1cc(NC(=O)C(Cc2ccccc2)N(CC=O)C(=O)CN(C)c2cc(Cl)ccc2-n2cnnn2)ccc1NC=O. The molecule has 4 aromatic rings. The molecule has 3 aromatic carbocycles. The van der Waals surface area contributed by atoms with E-state index < -0.39 is 17.9 Å². The Balaban J connectivity index is 1.63. The third kappa shape index (κ3) is 7.80. The van der Waals surface area contributed by atoms with E-state index in [1.807, 2.05) is 37.3 Å². The monoisotopic (exact) mass is 602 g/mol. The van der Waals surface area contributed by atoms with Gasteiger partial charge in [0, 0.05) is 29.9 Å². The van der Waals surface area contributed by atoms with E-state index in [1.54, 1.807) is 48.3 Å². The number of benzene rings is 3. The maximum absolute atomic E-state index is 13.8. The van der Waals surface area contributed by atoms with Crippen LogP contribution in [0, 0.1) is 0 Å². The predicted octanol–water partition coefficient (Wildman–Crippen LogP) is 3.16. The zero-order chi connectivity index (χ0) is 30.8. The molecule has 1 heterocycles. The fourth-order valence-electron chi connectivity index (χ4n) is 4.71. The van der Waals surface area contributed by atoms with Gasteiger partial charge in [0.15, 0.2) is 0 Å². The Hall–Kier alpha value is -5.10. The molecule has 0 spiro atoms.